The van der Waals surface area contributed by atoms with Crippen molar-refractivity contribution in [1.29, 1.82) is 0 Å². The van der Waals surface area contributed by atoms with Gasteiger partial charge in [-0.05, 0) is 24.1 Å². The second-order valence-electron chi connectivity index (χ2n) is 4.15. The number of hydrogen-bond donors (Lipinski definition) is 2. The Kier molecular flexibility index (Phi) is 4.54. The lowest BCUT2D eigenvalue weighted by atomic mass is 10.0. The topological polar surface area (TPSA) is 73.1 Å². The first kappa shape index (κ1) is 14.3. The fourth-order valence-electron chi connectivity index (χ4n) is 1.93. The smallest absolute Gasteiger partial charge is 0.237 e. The Hall–Kier alpha value is -2.12. The molecule has 3 N–H and O–H groups in total. The molecule has 0 spiro atoms. The molecule has 1 aromatic carbocycles. The third-order valence-electron chi connectivity index (χ3n) is 2.78. The molecule has 0 amide bonds. The number of hydrogen-bond acceptors (Lipinski definition) is 5. The van der Waals surface area contributed by atoms with Gasteiger partial charge in [0.25, 0.3) is 0 Å². The van der Waals surface area contributed by atoms with Crippen LogP contribution in [0.5, 0.6) is 5.88 Å². The van der Waals surface area contributed by atoms with Crippen molar-refractivity contribution in [2.75, 3.05) is 7.11 Å². The predicted molar refractivity (Wildman–Crippen MR) is 68.7 cm³/mol. The molecule has 0 aliphatic heterocycles. The largest absolute Gasteiger partial charge is 0.480 e. The number of nitrogens with one attached hydrogen (secondary N) is 1. The molecule has 106 valence electrons. The van der Waals surface area contributed by atoms with Crippen LogP contribution in [0.25, 0.3) is 0 Å². The molecule has 0 saturated heterocycles. The molecule has 1 unspecified atom stereocenters. The van der Waals surface area contributed by atoms with Crippen molar-refractivity contribution in [3.63, 3.8) is 0 Å². The fourth-order valence-corrected chi connectivity index (χ4v) is 1.93. The highest BCUT2D eigenvalue weighted by atomic mass is 19.1. The Balaban J connectivity index is 2.28. The summed E-state index contributed by atoms with van der Waals surface area (Å²) in [6.45, 7) is 0. The van der Waals surface area contributed by atoms with E-state index in [1.54, 1.807) is 0 Å². The van der Waals surface area contributed by atoms with Crippen LogP contribution in [0.3, 0.4) is 0 Å². The van der Waals surface area contributed by atoms with Gasteiger partial charge in [-0.15, -0.1) is 0 Å². The zero-order valence-electron chi connectivity index (χ0n) is 10.8. The lowest BCUT2D eigenvalue weighted by Crippen LogP contribution is -2.30. The second-order valence-corrected chi connectivity index (χ2v) is 4.15. The van der Waals surface area contributed by atoms with Crippen molar-refractivity contribution in [2.24, 2.45) is 5.84 Å². The maximum atomic E-state index is 13.2. The highest BCUT2D eigenvalue weighted by Gasteiger charge is 2.18. The molecule has 20 heavy (non-hydrogen) atoms. The third kappa shape index (κ3) is 3.25. The van der Waals surface area contributed by atoms with E-state index >= 15 is 0 Å². The summed E-state index contributed by atoms with van der Waals surface area (Å²) in [6.07, 6.45) is 3.23. The summed E-state index contributed by atoms with van der Waals surface area (Å²) in [7, 11) is 1.46. The van der Waals surface area contributed by atoms with E-state index in [0.717, 1.165) is 6.07 Å². The number of methoxy groups -OCH3 is 1. The van der Waals surface area contributed by atoms with Crippen LogP contribution < -0.4 is 16.0 Å². The van der Waals surface area contributed by atoms with E-state index in [-0.39, 0.29) is 6.42 Å². The maximum Gasteiger partial charge on any atom is 0.237 e. The van der Waals surface area contributed by atoms with Gasteiger partial charge in [0.15, 0.2) is 0 Å². The van der Waals surface area contributed by atoms with E-state index in [1.165, 1.54) is 31.6 Å². The minimum absolute atomic E-state index is 0.250. The van der Waals surface area contributed by atoms with Crippen LogP contribution in [-0.4, -0.2) is 17.1 Å². The Morgan fingerprint density at radius 1 is 1.20 bits per heavy atom. The van der Waals surface area contributed by atoms with Crippen molar-refractivity contribution < 1.29 is 13.5 Å². The number of ether oxygens (including phenoxy) is 1. The zero-order chi connectivity index (χ0) is 14.5. The van der Waals surface area contributed by atoms with Crippen molar-refractivity contribution in [1.82, 2.24) is 15.4 Å². The molecule has 0 radical (unpaired) electrons. The number of nitrogens with zero attached hydrogens (tertiary/aromatic N) is 2. The Morgan fingerprint density at radius 3 is 2.45 bits per heavy atom. The van der Waals surface area contributed by atoms with Crippen LogP contribution in [0.2, 0.25) is 0 Å². The first-order chi connectivity index (χ1) is 9.63. The molecule has 1 heterocycles. The summed E-state index contributed by atoms with van der Waals surface area (Å²) in [5.41, 5.74) is 3.48. The van der Waals surface area contributed by atoms with Gasteiger partial charge < -0.3 is 4.74 Å². The van der Waals surface area contributed by atoms with Gasteiger partial charge in [-0.25, -0.2) is 13.8 Å². The average molecular weight is 280 g/mol. The first-order valence-corrected chi connectivity index (χ1v) is 5.90. The van der Waals surface area contributed by atoms with Crippen LogP contribution >= 0.6 is 0 Å². The van der Waals surface area contributed by atoms with Crippen molar-refractivity contribution in [3.8, 4) is 5.88 Å². The normalized spacial score (nSPS) is 12.2. The molecule has 7 heteroatoms. The van der Waals surface area contributed by atoms with Crippen molar-refractivity contribution in [2.45, 2.75) is 12.5 Å². The molecule has 2 rings (SSSR count). The monoisotopic (exact) mass is 280 g/mol. The number of nitrogens with two attached hydrogens (primary N) is 1. The molecular weight excluding hydrogens is 266 g/mol. The van der Waals surface area contributed by atoms with E-state index < -0.39 is 17.7 Å². The predicted octanol–water partition coefficient (Wildman–Crippen LogP) is 1.51. The quantitative estimate of drug-likeness (QED) is 0.641. The van der Waals surface area contributed by atoms with Gasteiger partial charge in [-0.2, -0.15) is 0 Å². The molecule has 5 nitrogen and oxygen atoms in total. The van der Waals surface area contributed by atoms with Crippen molar-refractivity contribution in [3.05, 3.63) is 53.5 Å². The highest BCUT2D eigenvalue weighted by molar-refractivity contribution is 5.25. The van der Waals surface area contributed by atoms with Crippen LogP contribution in [0.4, 0.5) is 8.78 Å². The molecule has 1 atom stereocenters. The molecule has 0 bridgehead atoms. The number of benzene rings is 1. The number of rotatable bonds is 5. The van der Waals surface area contributed by atoms with Gasteiger partial charge in [0.1, 0.15) is 17.3 Å². The Bertz CT molecular complexity index is 574. The van der Waals surface area contributed by atoms with Crippen LogP contribution in [0, 0.1) is 11.6 Å². The summed E-state index contributed by atoms with van der Waals surface area (Å²) in [5, 5.41) is 0. The maximum absolute atomic E-state index is 13.2. The molecule has 0 fully saturated rings. The summed E-state index contributed by atoms with van der Waals surface area (Å²) >= 11 is 0. The first-order valence-electron chi connectivity index (χ1n) is 5.90. The van der Waals surface area contributed by atoms with E-state index in [9.17, 15) is 8.78 Å². The molecule has 0 aliphatic rings. The van der Waals surface area contributed by atoms with E-state index in [1.807, 2.05) is 0 Å². The molecule has 1 aromatic heterocycles. The van der Waals surface area contributed by atoms with Crippen LogP contribution in [0.1, 0.15) is 17.3 Å². The number of hydrazine groups is 1. The Labute approximate surface area is 114 Å². The molecule has 0 saturated carbocycles. The minimum Gasteiger partial charge on any atom is -0.480 e. The van der Waals surface area contributed by atoms with Gasteiger partial charge in [0, 0.05) is 18.5 Å². The summed E-state index contributed by atoms with van der Waals surface area (Å²) in [6, 6.07) is 2.84. The molecule has 0 aliphatic carbocycles. The fraction of sp³-hybridized carbons (Fsp3) is 0.231. The van der Waals surface area contributed by atoms with Gasteiger partial charge >= 0.3 is 0 Å². The molecule has 2 aromatic rings. The second kappa shape index (κ2) is 6.36. The van der Waals surface area contributed by atoms with E-state index in [0.29, 0.717) is 17.1 Å². The highest BCUT2D eigenvalue weighted by Crippen LogP contribution is 2.23. The third-order valence-corrected chi connectivity index (χ3v) is 2.78. The van der Waals surface area contributed by atoms with Crippen molar-refractivity contribution >= 4 is 0 Å². The van der Waals surface area contributed by atoms with Gasteiger partial charge in [-0.3, -0.25) is 16.3 Å². The summed E-state index contributed by atoms with van der Waals surface area (Å²) in [4.78, 5) is 8.16. The standard InChI is InChI=1S/C13H14F2N4O/c1-20-13-12(17-2-3-18-13)11(19-16)6-8-4-9(14)7-10(15)5-8/h2-5,7,11,19H,6,16H2,1H3. The number of aromatic nitrogens is 2. The van der Waals surface area contributed by atoms with Gasteiger partial charge in [0.05, 0.1) is 13.2 Å². The van der Waals surface area contributed by atoms with E-state index in [2.05, 4.69) is 15.4 Å². The molecular formula is C13H14F2N4O. The zero-order valence-corrected chi connectivity index (χ0v) is 10.8. The van der Waals surface area contributed by atoms with E-state index in [4.69, 9.17) is 10.6 Å². The Morgan fingerprint density at radius 2 is 1.85 bits per heavy atom. The lowest BCUT2D eigenvalue weighted by Gasteiger charge is -2.17. The minimum atomic E-state index is -0.637. The summed E-state index contributed by atoms with van der Waals surface area (Å²) in [5.74, 6) is 4.53. The number of halogens is 2. The SMILES string of the molecule is COc1nccnc1C(Cc1cc(F)cc(F)c1)NN. The van der Waals surface area contributed by atoms with Gasteiger partial charge in [0.2, 0.25) is 5.88 Å². The van der Waals surface area contributed by atoms with Crippen LogP contribution in [-0.2, 0) is 6.42 Å². The van der Waals surface area contributed by atoms with Gasteiger partial charge in [-0.1, -0.05) is 0 Å². The summed E-state index contributed by atoms with van der Waals surface area (Å²) < 4.78 is 31.5. The van der Waals surface area contributed by atoms with Crippen LogP contribution in [0.15, 0.2) is 30.6 Å². The average Bonchev–Trinajstić information content (AvgIpc) is 2.43. The lowest BCUT2D eigenvalue weighted by molar-refractivity contribution is 0.377.